The number of pyridine rings is 1. The predicted octanol–water partition coefficient (Wildman–Crippen LogP) is 7.83. The Kier molecular flexibility index (Phi) is 11.1. The Morgan fingerprint density at radius 2 is 1.60 bits per heavy atom. The summed E-state index contributed by atoms with van der Waals surface area (Å²) in [5, 5.41) is 3.15. The Hall–Kier alpha value is -4.50. The molecule has 5 rings (SSSR count). The van der Waals surface area contributed by atoms with Crippen LogP contribution in [0.3, 0.4) is 0 Å². The molecule has 47 heavy (non-hydrogen) atoms. The van der Waals surface area contributed by atoms with Crippen LogP contribution in [-0.4, -0.2) is 47.4 Å². The topological polar surface area (TPSA) is 71.5 Å². The van der Waals surface area contributed by atoms with Crippen molar-refractivity contribution in [3.63, 3.8) is 0 Å². The SMILES string of the molecule is CC(CCCN1CCC(NC(=O)c2ccccc2-c2ccc(C(F)(F)F)cc2)CC1)(CC(=O)OCc1cccnc1)c1ccccc1. The van der Waals surface area contributed by atoms with Crippen LogP contribution in [0.1, 0.15) is 66.1 Å². The summed E-state index contributed by atoms with van der Waals surface area (Å²) in [5.74, 6) is -0.468. The number of rotatable bonds is 12. The van der Waals surface area contributed by atoms with Crippen LogP contribution in [-0.2, 0) is 27.7 Å². The Bertz CT molecular complexity index is 1610. The Morgan fingerprint density at radius 3 is 2.28 bits per heavy atom. The van der Waals surface area contributed by atoms with E-state index in [-0.39, 0.29) is 36.4 Å². The van der Waals surface area contributed by atoms with Crippen molar-refractivity contribution < 1.29 is 27.5 Å². The Morgan fingerprint density at radius 1 is 0.894 bits per heavy atom. The number of benzene rings is 3. The molecule has 0 aliphatic carbocycles. The van der Waals surface area contributed by atoms with Gasteiger partial charge in [0.15, 0.2) is 0 Å². The molecular formula is C38H40F3N3O3. The number of hydrogen-bond donors (Lipinski definition) is 1. The molecule has 1 aromatic heterocycles. The van der Waals surface area contributed by atoms with Crippen LogP contribution in [0.15, 0.2) is 103 Å². The number of esters is 1. The van der Waals surface area contributed by atoms with Gasteiger partial charge in [-0.05, 0) is 73.2 Å². The van der Waals surface area contributed by atoms with Gasteiger partial charge in [0.05, 0.1) is 12.0 Å². The van der Waals surface area contributed by atoms with Crippen molar-refractivity contribution in [1.82, 2.24) is 15.2 Å². The fourth-order valence-corrected chi connectivity index (χ4v) is 6.22. The lowest BCUT2D eigenvalue weighted by molar-refractivity contribution is -0.146. The minimum Gasteiger partial charge on any atom is -0.461 e. The molecule has 2 heterocycles. The molecular weight excluding hydrogens is 603 g/mol. The molecule has 1 unspecified atom stereocenters. The van der Waals surface area contributed by atoms with Crippen LogP contribution in [0.4, 0.5) is 13.2 Å². The number of likely N-dealkylation sites (tertiary alicyclic amines) is 1. The van der Waals surface area contributed by atoms with E-state index in [1.165, 1.54) is 12.1 Å². The number of nitrogens with one attached hydrogen (secondary N) is 1. The van der Waals surface area contributed by atoms with Gasteiger partial charge in [0, 0.05) is 48.1 Å². The zero-order chi connectivity index (χ0) is 33.3. The van der Waals surface area contributed by atoms with Gasteiger partial charge in [0.25, 0.3) is 5.91 Å². The highest BCUT2D eigenvalue weighted by atomic mass is 19.4. The van der Waals surface area contributed by atoms with Gasteiger partial charge in [0.2, 0.25) is 0 Å². The standard InChI is InChI=1S/C38H40F3N3O3/c1-37(30-10-3-2-4-11-30,25-35(45)47-27-28-9-7-21-42-26-28)20-8-22-44-23-18-32(19-24-44)43-36(46)34-13-6-5-12-33(34)29-14-16-31(17-15-29)38(39,40)41/h2-7,9-17,21,26,32H,8,18-20,22-25,27H2,1H3,(H,43,46). The predicted molar refractivity (Wildman–Crippen MR) is 175 cm³/mol. The third-order valence-electron chi connectivity index (χ3n) is 8.95. The van der Waals surface area contributed by atoms with E-state index < -0.39 is 11.7 Å². The maximum Gasteiger partial charge on any atom is 0.416 e. The van der Waals surface area contributed by atoms with Crippen LogP contribution < -0.4 is 5.32 Å². The summed E-state index contributed by atoms with van der Waals surface area (Å²) in [7, 11) is 0. The fourth-order valence-electron chi connectivity index (χ4n) is 6.22. The van der Waals surface area contributed by atoms with Gasteiger partial charge in [-0.15, -0.1) is 0 Å². The minimum atomic E-state index is -4.42. The number of ether oxygens (including phenoxy) is 1. The van der Waals surface area contributed by atoms with E-state index in [9.17, 15) is 22.8 Å². The van der Waals surface area contributed by atoms with Crippen LogP contribution >= 0.6 is 0 Å². The highest BCUT2D eigenvalue weighted by Crippen LogP contribution is 2.34. The van der Waals surface area contributed by atoms with Crippen molar-refractivity contribution in [3.8, 4) is 11.1 Å². The van der Waals surface area contributed by atoms with E-state index in [2.05, 4.69) is 34.3 Å². The molecule has 6 nitrogen and oxygen atoms in total. The molecule has 1 saturated heterocycles. The second-order valence-corrected chi connectivity index (χ2v) is 12.4. The number of nitrogens with zero attached hydrogens (tertiary/aromatic N) is 2. The molecule has 1 aliphatic rings. The fraction of sp³-hybridized carbons (Fsp3) is 0.342. The van der Waals surface area contributed by atoms with Gasteiger partial charge in [-0.3, -0.25) is 14.6 Å². The van der Waals surface area contributed by atoms with Crippen LogP contribution in [0, 0.1) is 0 Å². The number of aromatic nitrogens is 1. The summed E-state index contributed by atoms with van der Waals surface area (Å²) in [6.07, 6.45) is 2.55. The molecule has 4 aromatic rings. The molecule has 0 bridgehead atoms. The van der Waals surface area contributed by atoms with Crippen LogP contribution in [0.25, 0.3) is 11.1 Å². The number of carbonyl (C=O) groups excluding carboxylic acids is 2. The van der Waals surface area contributed by atoms with Gasteiger partial charge in [-0.25, -0.2) is 0 Å². The minimum absolute atomic E-state index is 0.00332. The number of carbonyl (C=O) groups is 2. The second-order valence-electron chi connectivity index (χ2n) is 12.4. The zero-order valence-corrected chi connectivity index (χ0v) is 26.5. The van der Waals surface area contributed by atoms with Crippen molar-refractivity contribution >= 4 is 11.9 Å². The van der Waals surface area contributed by atoms with Crippen molar-refractivity contribution in [2.24, 2.45) is 0 Å². The van der Waals surface area contributed by atoms with E-state index in [0.29, 0.717) is 16.7 Å². The molecule has 3 aromatic carbocycles. The monoisotopic (exact) mass is 643 g/mol. The van der Waals surface area contributed by atoms with E-state index >= 15 is 0 Å². The van der Waals surface area contributed by atoms with Crippen molar-refractivity contribution in [2.45, 2.75) is 63.3 Å². The summed E-state index contributed by atoms with van der Waals surface area (Å²) in [6.45, 7) is 4.87. The zero-order valence-electron chi connectivity index (χ0n) is 26.5. The second kappa shape index (κ2) is 15.4. The van der Waals surface area contributed by atoms with Crippen molar-refractivity contribution in [1.29, 1.82) is 0 Å². The van der Waals surface area contributed by atoms with Gasteiger partial charge >= 0.3 is 12.1 Å². The summed E-state index contributed by atoms with van der Waals surface area (Å²) < 4.78 is 44.7. The first kappa shape index (κ1) is 33.9. The molecule has 0 radical (unpaired) electrons. The highest BCUT2D eigenvalue weighted by Gasteiger charge is 2.32. The molecule has 0 saturated carbocycles. The molecule has 9 heteroatoms. The first-order valence-corrected chi connectivity index (χ1v) is 16.0. The molecule has 1 fully saturated rings. The number of hydrogen-bond acceptors (Lipinski definition) is 5. The van der Waals surface area contributed by atoms with Crippen molar-refractivity contribution in [3.05, 3.63) is 126 Å². The number of amides is 1. The molecule has 246 valence electrons. The van der Waals surface area contributed by atoms with Crippen molar-refractivity contribution in [2.75, 3.05) is 19.6 Å². The number of halogens is 3. The molecule has 0 spiro atoms. The van der Waals surface area contributed by atoms with Crippen LogP contribution in [0.5, 0.6) is 0 Å². The third kappa shape index (κ3) is 9.29. The average Bonchev–Trinajstić information content (AvgIpc) is 3.08. The Balaban J connectivity index is 1.12. The highest BCUT2D eigenvalue weighted by molar-refractivity contribution is 6.01. The maximum atomic E-state index is 13.3. The Labute approximate surface area is 274 Å². The number of alkyl halides is 3. The first-order chi connectivity index (χ1) is 22.6. The number of piperidine rings is 1. The lowest BCUT2D eigenvalue weighted by Crippen LogP contribution is -2.45. The van der Waals surface area contributed by atoms with E-state index in [1.807, 2.05) is 30.3 Å². The molecule has 1 N–H and O–H groups in total. The van der Waals surface area contributed by atoms with E-state index in [0.717, 1.165) is 68.6 Å². The molecule has 1 aliphatic heterocycles. The third-order valence-corrected chi connectivity index (χ3v) is 8.95. The van der Waals surface area contributed by atoms with E-state index in [4.69, 9.17) is 4.74 Å². The summed E-state index contributed by atoms with van der Waals surface area (Å²) in [6, 6.07) is 25.7. The van der Waals surface area contributed by atoms with Gasteiger partial charge in [-0.1, -0.05) is 73.7 Å². The summed E-state index contributed by atoms with van der Waals surface area (Å²) in [4.78, 5) is 32.7. The quantitative estimate of drug-likeness (QED) is 0.159. The summed E-state index contributed by atoms with van der Waals surface area (Å²) >= 11 is 0. The summed E-state index contributed by atoms with van der Waals surface area (Å²) in [5.41, 5.74) is 2.45. The lowest BCUT2D eigenvalue weighted by Gasteiger charge is -2.34. The smallest absolute Gasteiger partial charge is 0.416 e. The molecule has 1 atom stereocenters. The van der Waals surface area contributed by atoms with Gasteiger partial charge in [-0.2, -0.15) is 13.2 Å². The first-order valence-electron chi connectivity index (χ1n) is 16.0. The van der Waals surface area contributed by atoms with Gasteiger partial charge in [0.1, 0.15) is 6.61 Å². The van der Waals surface area contributed by atoms with Gasteiger partial charge < -0.3 is 15.0 Å². The maximum absolute atomic E-state index is 13.3. The van der Waals surface area contributed by atoms with E-state index in [1.54, 1.807) is 36.7 Å². The normalized spacial score (nSPS) is 15.5. The lowest BCUT2D eigenvalue weighted by atomic mass is 9.76. The average molecular weight is 644 g/mol. The van der Waals surface area contributed by atoms with Crippen LogP contribution in [0.2, 0.25) is 0 Å². The largest absolute Gasteiger partial charge is 0.461 e. The molecule has 1 amide bonds.